The molecule has 0 aliphatic carbocycles. The second kappa shape index (κ2) is 5.97. The van der Waals surface area contributed by atoms with Gasteiger partial charge in [-0.2, -0.15) is 0 Å². The summed E-state index contributed by atoms with van der Waals surface area (Å²) in [5.41, 5.74) is 5.18. The summed E-state index contributed by atoms with van der Waals surface area (Å²) in [6, 6.07) is 0. The lowest BCUT2D eigenvalue weighted by molar-refractivity contribution is -0.116. The maximum Gasteiger partial charge on any atom is 0.237 e. The van der Waals surface area contributed by atoms with Gasteiger partial charge in [-0.3, -0.25) is 9.59 Å². The van der Waals surface area contributed by atoms with Crippen LogP contribution in [-0.4, -0.2) is 30.3 Å². The van der Waals surface area contributed by atoms with Crippen molar-refractivity contribution in [3.05, 3.63) is 10.0 Å². The topological polar surface area (TPSA) is 76.3 Å². The molecule has 17 heavy (non-hydrogen) atoms. The quantitative estimate of drug-likeness (QED) is 0.799. The van der Waals surface area contributed by atoms with Gasteiger partial charge in [-0.25, -0.2) is 4.98 Å². The van der Waals surface area contributed by atoms with Crippen molar-refractivity contribution in [2.24, 2.45) is 11.7 Å². The van der Waals surface area contributed by atoms with E-state index in [-0.39, 0.29) is 11.7 Å². The number of nitrogens with two attached hydrogens (primary N) is 1. The fourth-order valence-corrected chi connectivity index (χ4v) is 2.42. The van der Waals surface area contributed by atoms with Crippen LogP contribution in [0.25, 0.3) is 0 Å². The van der Waals surface area contributed by atoms with E-state index in [4.69, 9.17) is 17.3 Å². The Balaban J connectivity index is 2.94. The number of amides is 1. The van der Waals surface area contributed by atoms with E-state index in [0.717, 1.165) is 11.3 Å². The van der Waals surface area contributed by atoms with Crippen molar-refractivity contribution in [1.82, 2.24) is 4.98 Å². The number of rotatable bonds is 6. The van der Waals surface area contributed by atoms with Gasteiger partial charge >= 0.3 is 0 Å². The summed E-state index contributed by atoms with van der Waals surface area (Å²) in [4.78, 5) is 27.8. The molecule has 1 rings (SSSR count). The molecule has 7 heteroatoms. The lowest BCUT2D eigenvalue weighted by Crippen LogP contribution is -2.36. The maximum absolute atomic E-state index is 11.0. The van der Waals surface area contributed by atoms with Crippen LogP contribution >= 0.6 is 22.9 Å². The first-order valence-electron chi connectivity index (χ1n) is 5.08. The van der Waals surface area contributed by atoms with Crippen LogP contribution in [0.5, 0.6) is 0 Å². The third-order valence-electron chi connectivity index (χ3n) is 1.91. The van der Waals surface area contributed by atoms with Crippen molar-refractivity contribution in [3.8, 4) is 0 Å². The van der Waals surface area contributed by atoms with Crippen molar-refractivity contribution < 1.29 is 9.59 Å². The average molecular weight is 276 g/mol. The number of carbonyl (C=O) groups is 2. The first-order valence-corrected chi connectivity index (χ1v) is 6.28. The van der Waals surface area contributed by atoms with E-state index in [2.05, 4.69) is 4.98 Å². The van der Waals surface area contributed by atoms with Crippen LogP contribution in [0.3, 0.4) is 0 Å². The smallest absolute Gasteiger partial charge is 0.237 e. The fraction of sp³-hybridized carbons (Fsp3) is 0.500. The van der Waals surface area contributed by atoms with Gasteiger partial charge in [0, 0.05) is 6.54 Å². The molecule has 0 aliphatic heterocycles. The summed E-state index contributed by atoms with van der Waals surface area (Å²) in [5, 5.41) is 0.711. The Bertz CT molecular complexity index is 420. The Morgan fingerprint density at radius 2 is 2.29 bits per heavy atom. The zero-order valence-electron chi connectivity index (χ0n) is 9.64. The molecule has 0 spiro atoms. The van der Waals surface area contributed by atoms with Crippen LogP contribution < -0.4 is 10.6 Å². The number of carbonyl (C=O) groups excluding carboxylic acids is 2. The SMILES string of the molecule is CC(C)CN(CC(N)=O)c1nc(Cl)c(C=O)s1. The first-order chi connectivity index (χ1) is 7.93. The highest BCUT2D eigenvalue weighted by molar-refractivity contribution is 7.17. The zero-order chi connectivity index (χ0) is 13.0. The van der Waals surface area contributed by atoms with Gasteiger partial charge in [-0.05, 0) is 5.92 Å². The van der Waals surface area contributed by atoms with Crippen molar-refractivity contribution in [3.63, 3.8) is 0 Å². The molecule has 0 unspecified atom stereocenters. The Kier molecular flexibility index (Phi) is 4.89. The first kappa shape index (κ1) is 13.9. The second-order valence-corrected chi connectivity index (χ2v) is 5.38. The molecule has 5 nitrogen and oxygen atoms in total. The number of aromatic nitrogens is 1. The highest BCUT2D eigenvalue weighted by Crippen LogP contribution is 2.28. The summed E-state index contributed by atoms with van der Waals surface area (Å²) in [6.07, 6.45) is 0.654. The monoisotopic (exact) mass is 275 g/mol. The summed E-state index contributed by atoms with van der Waals surface area (Å²) in [6.45, 7) is 4.74. The van der Waals surface area contributed by atoms with Crippen molar-refractivity contribution in [2.75, 3.05) is 18.0 Å². The van der Waals surface area contributed by atoms with E-state index in [9.17, 15) is 9.59 Å². The average Bonchev–Trinajstić information content (AvgIpc) is 2.57. The number of aldehydes is 1. The summed E-state index contributed by atoms with van der Waals surface area (Å²) in [5.74, 6) is -0.0960. The number of hydrogen-bond donors (Lipinski definition) is 1. The molecule has 0 aromatic carbocycles. The predicted octanol–water partition coefficient (Wildman–Crippen LogP) is 1.56. The molecule has 0 radical (unpaired) electrons. The number of anilines is 1. The predicted molar refractivity (Wildman–Crippen MR) is 68.8 cm³/mol. The Labute approximate surface area is 109 Å². The largest absolute Gasteiger partial charge is 0.368 e. The van der Waals surface area contributed by atoms with Crippen LogP contribution in [0.15, 0.2) is 0 Å². The molecule has 0 saturated heterocycles. The van der Waals surface area contributed by atoms with Crippen molar-refractivity contribution >= 4 is 40.3 Å². The van der Waals surface area contributed by atoms with E-state index in [1.54, 1.807) is 4.90 Å². The Morgan fingerprint density at radius 1 is 1.65 bits per heavy atom. The van der Waals surface area contributed by atoms with E-state index >= 15 is 0 Å². The molecular weight excluding hydrogens is 262 g/mol. The standard InChI is InChI=1S/C10H14ClN3O2S/c1-6(2)3-14(4-8(12)16)10-13-9(11)7(5-15)17-10/h5-6H,3-4H2,1-2H3,(H2,12,16). The summed E-state index contributed by atoms with van der Waals surface area (Å²) >= 11 is 6.95. The van der Waals surface area contributed by atoms with Gasteiger partial charge in [-0.15, -0.1) is 0 Å². The molecule has 0 aliphatic rings. The van der Waals surface area contributed by atoms with Gasteiger partial charge in [0.1, 0.15) is 4.88 Å². The molecule has 1 amide bonds. The molecule has 1 aromatic heterocycles. The number of thiazole rings is 1. The van der Waals surface area contributed by atoms with Gasteiger partial charge in [0.25, 0.3) is 0 Å². The van der Waals surface area contributed by atoms with E-state index in [1.807, 2.05) is 13.8 Å². The minimum absolute atomic E-state index is 0.0698. The normalized spacial score (nSPS) is 10.6. The van der Waals surface area contributed by atoms with Crippen LogP contribution in [0.2, 0.25) is 5.15 Å². The molecule has 0 atom stereocenters. The summed E-state index contributed by atoms with van der Waals surface area (Å²) in [7, 11) is 0. The highest BCUT2D eigenvalue weighted by atomic mass is 35.5. The molecule has 1 aromatic rings. The molecule has 0 saturated carbocycles. The van der Waals surface area contributed by atoms with Gasteiger partial charge in [0.15, 0.2) is 16.6 Å². The van der Waals surface area contributed by atoms with E-state index < -0.39 is 5.91 Å². The lowest BCUT2D eigenvalue weighted by Gasteiger charge is -2.21. The molecule has 1 heterocycles. The maximum atomic E-state index is 11.0. The van der Waals surface area contributed by atoms with Crippen molar-refractivity contribution in [2.45, 2.75) is 13.8 Å². The third kappa shape index (κ3) is 3.98. The molecule has 0 fully saturated rings. The Hall–Kier alpha value is -1.14. The minimum Gasteiger partial charge on any atom is -0.368 e. The van der Waals surface area contributed by atoms with E-state index in [1.165, 1.54) is 0 Å². The van der Waals surface area contributed by atoms with Gasteiger partial charge in [-0.1, -0.05) is 36.8 Å². The van der Waals surface area contributed by atoms with Crippen LogP contribution in [0.1, 0.15) is 23.5 Å². The van der Waals surface area contributed by atoms with Crippen molar-refractivity contribution in [1.29, 1.82) is 0 Å². The number of hydrogen-bond acceptors (Lipinski definition) is 5. The van der Waals surface area contributed by atoms with E-state index in [0.29, 0.717) is 28.8 Å². The molecule has 2 N–H and O–H groups in total. The second-order valence-electron chi connectivity index (χ2n) is 4.01. The minimum atomic E-state index is -0.440. The number of nitrogens with zero attached hydrogens (tertiary/aromatic N) is 2. The lowest BCUT2D eigenvalue weighted by atomic mass is 10.2. The highest BCUT2D eigenvalue weighted by Gasteiger charge is 2.17. The molecule has 0 bridgehead atoms. The van der Waals surface area contributed by atoms with Gasteiger partial charge in [0.05, 0.1) is 6.54 Å². The molecule has 94 valence electrons. The van der Waals surface area contributed by atoms with Gasteiger partial charge < -0.3 is 10.6 Å². The fourth-order valence-electron chi connectivity index (χ4n) is 1.35. The third-order valence-corrected chi connectivity index (χ3v) is 3.35. The van der Waals surface area contributed by atoms with Crippen LogP contribution in [0, 0.1) is 5.92 Å². The Morgan fingerprint density at radius 3 is 2.71 bits per heavy atom. The van der Waals surface area contributed by atoms with Crippen LogP contribution in [0.4, 0.5) is 5.13 Å². The zero-order valence-corrected chi connectivity index (χ0v) is 11.2. The van der Waals surface area contributed by atoms with Crippen LogP contribution in [-0.2, 0) is 4.79 Å². The number of primary amides is 1. The van der Waals surface area contributed by atoms with Gasteiger partial charge in [0.2, 0.25) is 5.91 Å². The molecular formula is C10H14ClN3O2S. The summed E-state index contributed by atoms with van der Waals surface area (Å²) < 4.78 is 0. The number of halogens is 1.